The van der Waals surface area contributed by atoms with Crippen molar-refractivity contribution in [2.75, 3.05) is 4.72 Å². The van der Waals surface area contributed by atoms with Crippen molar-refractivity contribution in [2.24, 2.45) is 0 Å². The zero-order chi connectivity index (χ0) is 41.3. The zero-order valence-electron chi connectivity index (χ0n) is 29.6. The van der Waals surface area contributed by atoms with Crippen LogP contribution in [0.5, 0.6) is 11.5 Å². The largest absolute Gasteiger partial charge is 0.454 e. The summed E-state index contributed by atoms with van der Waals surface area (Å²) in [6, 6.07) is 22.6. The number of carbonyl (C=O) groups excluding carboxylic acids is 1. The highest BCUT2D eigenvalue weighted by Gasteiger charge is 2.39. The van der Waals surface area contributed by atoms with Crippen molar-refractivity contribution in [2.45, 2.75) is 62.1 Å². The standard InChI is InChI=1S/C40H32F9NO5S/c1-4-37(2,3)26-15-17-33(31(22-26)36(51)55-35(24-11-7-5-8-12-24)25-13-9-6-10-14-25)54-34-18-16-27(38(41,42)43)23-32(34)50-56(52,53)30-20-28(39(44,45)46)19-29(21-30)40(47,48)49/h5-23,35,50H,4H2,1-3H3. The van der Waals surface area contributed by atoms with Gasteiger partial charge >= 0.3 is 24.5 Å². The quantitative estimate of drug-likeness (QED) is 0.106. The maximum atomic E-state index is 14.1. The molecule has 0 aliphatic carbocycles. The monoisotopic (exact) mass is 809 g/mol. The molecule has 0 atom stereocenters. The summed E-state index contributed by atoms with van der Waals surface area (Å²) in [5.41, 5.74) is -5.39. The van der Waals surface area contributed by atoms with E-state index in [-0.39, 0.29) is 35.6 Å². The Morgan fingerprint density at radius 2 is 1.11 bits per heavy atom. The molecule has 0 amide bonds. The number of hydrogen-bond donors (Lipinski definition) is 1. The first-order valence-corrected chi connectivity index (χ1v) is 18.1. The summed E-state index contributed by atoms with van der Waals surface area (Å²) in [5.74, 6) is -1.97. The van der Waals surface area contributed by atoms with Gasteiger partial charge in [0.2, 0.25) is 0 Å². The first-order chi connectivity index (χ1) is 26.0. The van der Waals surface area contributed by atoms with Crippen LogP contribution in [0.1, 0.15) is 77.0 Å². The number of benzene rings is 5. The number of carbonyl (C=O) groups is 1. The molecule has 6 nitrogen and oxygen atoms in total. The number of rotatable bonds is 11. The van der Waals surface area contributed by atoms with E-state index in [2.05, 4.69) is 0 Å². The Bertz CT molecular complexity index is 2240. The third-order valence-electron chi connectivity index (χ3n) is 8.94. The van der Waals surface area contributed by atoms with Gasteiger partial charge in [-0.3, -0.25) is 4.72 Å². The molecule has 56 heavy (non-hydrogen) atoms. The second kappa shape index (κ2) is 15.6. The Labute approximate surface area is 315 Å². The minimum Gasteiger partial charge on any atom is -0.454 e. The van der Waals surface area contributed by atoms with Crippen LogP contribution in [0.25, 0.3) is 0 Å². The summed E-state index contributed by atoms with van der Waals surface area (Å²) in [5, 5.41) is 0. The van der Waals surface area contributed by atoms with Crippen LogP contribution in [0.3, 0.4) is 0 Å². The summed E-state index contributed by atoms with van der Waals surface area (Å²) in [4.78, 5) is 12.6. The molecule has 0 unspecified atom stereocenters. The van der Waals surface area contributed by atoms with Crippen LogP contribution in [0.15, 0.2) is 120 Å². The van der Waals surface area contributed by atoms with Crippen LogP contribution < -0.4 is 9.46 Å². The lowest BCUT2D eigenvalue weighted by Crippen LogP contribution is -2.19. The van der Waals surface area contributed by atoms with Gasteiger partial charge in [0.05, 0.1) is 27.3 Å². The highest BCUT2D eigenvalue weighted by Crippen LogP contribution is 2.42. The molecular formula is C40H32F9NO5S. The van der Waals surface area contributed by atoms with Gasteiger partial charge in [-0.2, -0.15) is 39.5 Å². The molecule has 0 radical (unpaired) electrons. The van der Waals surface area contributed by atoms with Gasteiger partial charge in [-0.15, -0.1) is 0 Å². The van der Waals surface area contributed by atoms with Crippen molar-refractivity contribution in [3.05, 3.63) is 154 Å². The molecule has 0 saturated heterocycles. The summed E-state index contributed by atoms with van der Waals surface area (Å²) in [7, 11) is -5.48. The number of sulfonamides is 1. The maximum Gasteiger partial charge on any atom is 0.416 e. The van der Waals surface area contributed by atoms with Gasteiger partial charge in [0.1, 0.15) is 11.3 Å². The van der Waals surface area contributed by atoms with Gasteiger partial charge < -0.3 is 9.47 Å². The van der Waals surface area contributed by atoms with Crippen LogP contribution >= 0.6 is 0 Å². The van der Waals surface area contributed by atoms with Gasteiger partial charge in [-0.1, -0.05) is 87.5 Å². The average Bonchev–Trinajstić information content (AvgIpc) is 3.13. The summed E-state index contributed by atoms with van der Waals surface area (Å²) in [6.45, 7) is 5.66. The Balaban J connectivity index is 1.63. The minimum absolute atomic E-state index is 0.0933. The fraction of sp³-hybridized carbons (Fsp3) is 0.225. The Kier molecular flexibility index (Phi) is 11.6. The maximum absolute atomic E-state index is 14.1. The van der Waals surface area contributed by atoms with Crippen LogP contribution in [-0.4, -0.2) is 14.4 Å². The van der Waals surface area contributed by atoms with Crippen molar-refractivity contribution < 1.29 is 62.2 Å². The first-order valence-electron chi connectivity index (χ1n) is 16.7. The smallest absolute Gasteiger partial charge is 0.416 e. The van der Waals surface area contributed by atoms with Gasteiger partial charge in [-0.05, 0) is 77.1 Å². The molecule has 0 bridgehead atoms. The van der Waals surface area contributed by atoms with Crippen molar-refractivity contribution in [1.82, 2.24) is 0 Å². The van der Waals surface area contributed by atoms with Crippen LogP contribution in [0, 0.1) is 0 Å². The van der Waals surface area contributed by atoms with E-state index in [0.29, 0.717) is 35.2 Å². The highest BCUT2D eigenvalue weighted by molar-refractivity contribution is 7.92. The fourth-order valence-corrected chi connectivity index (χ4v) is 6.57. The average molecular weight is 810 g/mol. The molecule has 296 valence electrons. The second-order valence-corrected chi connectivity index (χ2v) is 14.9. The van der Waals surface area contributed by atoms with Crippen LogP contribution in [0.4, 0.5) is 45.2 Å². The molecular weight excluding hydrogens is 777 g/mol. The molecule has 0 fully saturated rings. The van der Waals surface area contributed by atoms with E-state index >= 15 is 0 Å². The first kappa shape index (κ1) is 41.6. The Morgan fingerprint density at radius 3 is 1.59 bits per heavy atom. The molecule has 0 saturated carbocycles. The van der Waals surface area contributed by atoms with Gasteiger partial charge in [0.15, 0.2) is 11.9 Å². The molecule has 5 aromatic carbocycles. The molecule has 0 aliphatic rings. The number of ether oxygens (including phenoxy) is 2. The molecule has 0 aliphatic heterocycles. The normalized spacial score (nSPS) is 12.7. The third kappa shape index (κ3) is 9.64. The lowest BCUT2D eigenvalue weighted by molar-refractivity contribution is -0.143. The van der Waals surface area contributed by atoms with Crippen molar-refractivity contribution in [3.63, 3.8) is 0 Å². The van der Waals surface area contributed by atoms with Crippen molar-refractivity contribution in [1.29, 1.82) is 0 Å². The molecule has 5 rings (SSSR count). The molecule has 16 heteroatoms. The Hall–Kier alpha value is -5.51. The minimum atomic E-state index is -5.48. The third-order valence-corrected chi connectivity index (χ3v) is 10.3. The molecule has 1 N–H and O–H groups in total. The van der Waals surface area contributed by atoms with Gasteiger partial charge in [0.25, 0.3) is 10.0 Å². The zero-order valence-corrected chi connectivity index (χ0v) is 30.4. The lowest BCUT2D eigenvalue weighted by Gasteiger charge is -2.25. The summed E-state index contributed by atoms with van der Waals surface area (Å²) >= 11 is 0. The van der Waals surface area contributed by atoms with E-state index in [0.717, 1.165) is 0 Å². The van der Waals surface area contributed by atoms with Gasteiger partial charge in [0, 0.05) is 0 Å². The van der Waals surface area contributed by atoms with E-state index in [1.807, 2.05) is 20.8 Å². The predicted octanol–water partition coefficient (Wildman–Crippen LogP) is 12.0. The topological polar surface area (TPSA) is 81.7 Å². The SMILES string of the molecule is CCC(C)(C)c1ccc(Oc2ccc(C(F)(F)F)cc2NS(=O)(=O)c2cc(C(F)(F)F)cc(C(F)(F)F)c2)c(C(=O)OC(c2ccccc2)c2ccccc2)c1. The summed E-state index contributed by atoms with van der Waals surface area (Å²) < 4.78 is 164. The van der Waals surface area contributed by atoms with Crippen LogP contribution in [-0.2, 0) is 38.7 Å². The lowest BCUT2D eigenvalue weighted by atomic mass is 9.81. The number of anilines is 1. The Morgan fingerprint density at radius 1 is 0.625 bits per heavy atom. The van der Waals surface area contributed by atoms with E-state index in [1.54, 1.807) is 71.5 Å². The van der Waals surface area contributed by atoms with E-state index < -0.39 is 79.1 Å². The van der Waals surface area contributed by atoms with E-state index in [1.165, 1.54) is 12.1 Å². The van der Waals surface area contributed by atoms with Gasteiger partial charge in [-0.25, -0.2) is 13.2 Å². The fourth-order valence-electron chi connectivity index (χ4n) is 5.44. The molecule has 0 spiro atoms. The van der Waals surface area contributed by atoms with Crippen molar-refractivity contribution >= 4 is 21.7 Å². The number of esters is 1. The molecule has 0 heterocycles. The van der Waals surface area contributed by atoms with Crippen molar-refractivity contribution in [3.8, 4) is 11.5 Å². The highest BCUT2D eigenvalue weighted by atomic mass is 32.2. The van der Waals surface area contributed by atoms with E-state index in [4.69, 9.17) is 9.47 Å². The molecule has 0 aromatic heterocycles. The number of nitrogens with one attached hydrogen (secondary N) is 1. The van der Waals surface area contributed by atoms with E-state index in [9.17, 15) is 52.7 Å². The van der Waals surface area contributed by atoms with Crippen LogP contribution in [0.2, 0.25) is 0 Å². The summed E-state index contributed by atoms with van der Waals surface area (Å²) in [6.07, 6.45) is -16.3. The molecule has 5 aromatic rings. The number of alkyl halides is 9. The number of halogens is 9. The predicted molar refractivity (Wildman–Crippen MR) is 189 cm³/mol. The second-order valence-electron chi connectivity index (χ2n) is 13.2. The number of hydrogen-bond acceptors (Lipinski definition) is 5.